The van der Waals surface area contributed by atoms with Crippen molar-refractivity contribution >= 4 is 45.9 Å². The first kappa shape index (κ1) is 24.3. The quantitative estimate of drug-likeness (QED) is 0.199. The molecule has 0 spiro atoms. The zero-order valence-corrected chi connectivity index (χ0v) is 22.1. The number of esters is 1. The number of ketones is 1. The summed E-state index contributed by atoms with van der Waals surface area (Å²) >= 11 is 9.69. The highest BCUT2D eigenvalue weighted by Crippen LogP contribution is 2.73. The van der Waals surface area contributed by atoms with Gasteiger partial charge in [-0.1, -0.05) is 67.1 Å². The van der Waals surface area contributed by atoms with Gasteiger partial charge in [-0.25, -0.2) is 4.79 Å². The van der Waals surface area contributed by atoms with Gasteiger partial charge in [0.25, 0.3) is 0 Å². The summed E-state index contributed by atoms with van der Waals surface area (Å²) in [5.41, 5.74) is -1.51. The summed E-state index contributed by atoms with van der Waals surface area (Å²) in [6.07, 6.45) is 6.94. The molecule has 0 saturated heterocycles. The molecule has 0 aliphatic heterocycles. The van der Waals surface area contributed by atoms with Gasteiger partial charge in [0, 0.05) is 10.8 Å². The normalized spacial score (nSPS) is 49.5. The van der Waals surface area contributed by atoms with Crippen molar-refractivity contribution in [2.24, 2.45) is 39.7 Å². The van der Waals surface area contributed by atoms with E-state index in [2.05, 4.69) is 41.6 Å². The maximum atomic E-state index is 13.3. The van der Waals surface area contributed by atoms with Crippen molar-refractivity contribution in [2.45, 2.75) is 63.5 Å². The number of carbonyl (C=O) groups excluding carboxylic acids is 2. The number of nitrogens with zero attached hydrogens (tertiary/aromatic N) is 1. The summed E-state index contributed by atoms with van der Waals surface area (Å²) in [4.78, 5) is 36.9. The van der Waals surface area contributed by atoms with Crippen LogP contribution >= 0.6 is 34.2 Å². The molecule has 3 fully saturated rings. The van der Waals surface area contributed by atoms with Gasteiger partial charge in [0.15, 0.2) is 11.4 Å². The molecule has 9 atom stereocenters. The molecule has 0 N–H and O–H groups in total. The van der Waals surface area contributed by atoms with Crippen LogP contribution in [0.4, 0.5) is 0 Å². The number of carbonyl (C=O) groups is 2. The molecule has 6 unspecified atom stereocenters. The predicted octanol–water partition coefficient (Wildman–Crippen LogP) is 5.21. The summed E-state index contributed by atoms with van der Waals surface area (Å²) in [6, 6.07) is -0.749. The minimum atomic E-state index is -1.16. The lowest BCUT2D eigenvalue weighted by atomic mass is 9.44. The van der Waals surface area contributed by atoms with Crippen LogP contribution in [0.1, 0.15) is 47.0 Å². The first-order chi connectivity index (χ1) is 15.0. The van der Waals surface area contributed by atoms with E-state index in [1.807, 2.05) is 19.9 Å². The fourth-order valence-corrected chi connectivity index (χ4v) is 9.09. The van der Waals surface area contributed by atoms with Gasteiger partial charge in [-0.3, -0.25) is 4.79 Å². The largest absolute Gasteiger partial charge is 0.467 e. The predicted molar refractivity (Wildman–Crippen MR) is 130 cm³/mol. The molecule has 8 heteroatoms. The van der Waals surface area contributed by atoms with Crippen LogP contribution in [0.25, 0.3) is 0 Å². The second-order valence-electron chi connectivity index (χ2n) is 10.5. The van der Waals surface area contributed by atoms with E-state index in [9.17, 15) is 14.5 Å². The molecule has 0 aromatic carbocycles. The Morgan fingerprint density at radius 3 is 2.56 bits per heavy atom. The van der Waals surface area contributed by atoms with Crippen molar-refractivity contribution in [3.63, 3.8) is 0 Å². The van der Waals surface area contributed by atoms with E-state index in [1.54, 1.807) is 12.2 Å². The van der Waals surface area contributed by atoms with Crippen LogP contribution in [0.2, 0.25) is 0 Å². The molecule has 176 valence electrons. The van der Waals surface area contributed by atoms with Crippen LogP contribution in [0.15, 0.2) is 29.0 Å². The second-order valence-corrected chi connectivity index (χ2v) is 11.8. The van der Waals surface area contributed by atoms with Crippen molar-refractivity contribution in [3.8, 4) is 0 Å². The lowest BCUT2D eigenvalue weighted by Crippen LogP contribution is -2.69. The van der Waals surface area contributed by atoms with Gasteiger partial charge >= 0.3 is 5.97 Å². The molecule has 0 bridgehead atoms. The number of allylic oxidation sites excluding steroid dienone is 4. The molecule has 0 amide bonds. The Morgan fingerprint density at radius 1 is 1.28 bits per heavy atom. The second kappa shape index (κ2) is 7.87. The molecule has 6 nitrogen and oxygen atoms in total. The van der Waals surface area contributed by atoms with Crippen molar-refractivity contribution in [2.75, 3.05) is 11.7 Å². The molecule has 32 heavy (non-hydrogen) atoms. The van der Waals surface area contributed by atoms with Gasteiger partial charge in [-0.05, 0) is 55.1 Å². The third-order valence-electron chi connectivity index (χ3n) is 9.41. The maximum Gasteiger partial charge on any atom is 0.339 e. The number of alkyl halides is 2. The number of methoxy groups -OCH3 is 1. The van der Waals surface area contributed by atoms with Crippen molar-refractivity contribution in [1.82, 2.24) is 0 Å². The topological polar surface area (TPSA) is 82.0 Å². The maximum absolute atomic E-state index is 13.3. The summed E-state index contributed by atoms with van der Waals surface area (Å²) in [7, 11) is 1.39. The Morgan fingerprint density at radius 2 is 1.97 bits per heavy atom. The molecular weight excluding hydrogens is 545 g/mol. The highest BCUT2D eigenvalue weighted by molar-refractivity contribution is 14.1. The molecule has 4 aliphatic carbocycles. The molecule has 0 heterocycles. The van der Waals surface area contributed by atoms with Crippen LogP contribution in [0, 0.1) is 39.4 Å². The lowest BCUT2D eigenvalue weighted by Gasteiger charge is -2.64. The minimum Gasteiger partial charge on any atom is -0.467 e. The van der Waals surface area contributed by atoms with Crippen LogP contribution in [-0.2, 0) is 19.1 Å². The zero-order chi connectivity index (χ0) is 23.7. The Bertz CT molecular complexity index is 922. The van der Waals surface area contributed by atoms with Gasteiger partial charge in [-0.15, -0.1) is 11.6 Å². The van der Waals surface area contributed by atoms with Gasteiger partial charge in [0.05, 0.1) is 16.6 Å². The fraction of sp³-hybridized carbons (Fsp3) is 0.750. The average molecular weight is 576 g/mol. The molecule has 3 saturated carbocycles. The Balaban J connectivity index is 1.92. The summed E-state index contributed by atoms with van der Waals surface area (Å²) in [5.74, 6) is -0.454. The van der Waals surface area contributed by atoms with Crippen LogP contribution in [0.3, 0.4) is 0 Å². The van der Waals surface area contributed by atoms with Gasteiger partial charge < -0.3 is 9.47 Å². The number of rotatable bonds is 4. The third kappa shape index (κ3) is 2.73. The van der Waals surface area contributed by atoms with E-state index in [4.69, 9.17) is 21.1 Å². The SMILES string of the molecule is COC(=O)[C@@]1(OCI)C(C)CC2C3C[C@H](C)C4=CC(=O)C=CC4(C)[C@@]3(Cl)C(N=O)CC21C. The van der Waals surface area contributed by atoms with E-state index in [0.29, 0.717) is 11.0 Å². The molecule has 0 aromatic rings. The minimum absolute atomic E-state index is 0.0434. The van der Waals surface area contributed by atoms with E-state index >= 15 is 0 Å². The molecule has 4 rings (SSSR count). The standard InChI is InChI=1S/C24H31ClINO5/c1-13-8-18-17-9-14(2)24(32-12-26,20(29)31-5)22(17,4)11-19(27-30)23(18,25)21(3)7-6-15(28)10-16(13)21/h6-7,10,13-14,17-19H,8-9,11-12H2,1-5H3/t13-,14?,17?,18?,19?,21?,22?,23-,24-/m0/s1. The first-order valence-electron chi connectivity index (χ1n) is 11.2. The number of ether oxygens (including phenoxy) is 2. The van der Waals surface area contributed by atoms with Gasteiger partial charge in [0.2, 0.25) is 0 Å². The van der Waals surface area contributed by atoms with Crippen molar-refractivity contribution < 1.29 is 19.1 Å². The lowest BCUT2D eigenvalue weighted by molar-refractivity contribution is -0.199. The first-order valence-corrected chi connectivity index (χ1v) is 13.1. The number of hydrogen-bond acceptors (Lipinski definition) is 6. The summed E-state index contributed by atoms with van der Waals surface area (Å²) in [5, 5.41) is 3.59. The zero-order valence-electron chi connectivity index (χ0n) is 19.2. The van der Waals surface area contributed by atoms with Gasteiger partial charge in [-0.2, -0.15) is 4.91 Å². The number of hydrogen-bond donors (Lipinski definition) is 0. The Labute approximate surface area is 208 Å². The summed E-state index contributed by atoms with van der Waals surface area (Å²) < 4.78 is 11.9. The van der Waals surface area contributed by atoms with Crippen LogP contribution in [0.5, 0.6) is 0 Å². The van der Waals surface area contributed by atoms with Crippen molar-refractivity contribution in [3.05, 3.63) is 28.7 Å². The van der Waals surface area contributed by atoms with Gasteiger partial charge in [0.1, 0.15) is 6.04 Å². The number of halogens is 2. The third-order valence-corrected chi connectivity index (χ3v) is 10.6. The Hall–Kier alpha value is -0.800. The van der Waals surface area contributed by atoms with E-state index < -0.39 is 33.3 Å². The molecule has 0 aromatic heterocycles. The number of nitroso groups, excluding NO2 is 1. The monoisotopic (exact) mass is 575 g/mol. The van der Waals surface area contributed by atoms with E-state index in [-0.39, 0.29) is 29.5 Å². The molecule has 0 radical (unpaired) electrons. The molecular formula is C24H31ClINO5. The average Bonchev–Trinajstić information content (AvgIpc) is 2.98. The number of fused-ring (bicyclic) bond motifs is 5. The Kier molecular flexibility index (Phi) is 5.98. The smallest absolute Gasteiger partial charge is 0.339 e. The van der Waals surface area contributed by atoms with Crippen LogP contribution in [-0.4, -0.2) is 40.0 Å². The summed E-state index contributed by atoms with van der Waals surface area (Å²) in [6.45, 7) is 8.24. The highest BCUT2D eigenvalue weighted by Gasteiger charge is 2.77. The fourth-order valence-electron chi connectivity index (χ4n) is 8.07. The van der Waals surface area contributed by atoms with E-state index in [1.165, 1.54) is 7.11 Å². The van der Waals surface area contributed by atoms with Crippen LogP contribution < -0.4 is 0 Å². The molecule has 4 aliphatic rings. The highest BCUT2D eigenvalue weighted by atomic mass is 127. The van der Waals surface area contributed by atoms with E-state index in [0.717, 1.165) is 18.4 Å². The van der Waals surface area contributed by atoms with Crippen molar-refractivity contribution in [1.29, 1.82) is 0 Å².